The number of hydrogen-bond acceptors (Lipinski definition) is 4. The van der Waals surface area contributed by atoms with Crippen molar-refractivity contribution in [1.29, 1.82) is 0 Å². The second-order valence-electron chi connectivity index (χ2n) is 7.95. The molecule has 0 spiro atoms. The van der Waals surface area contributed by atoms with Crippen LogP contribution in [0.3, 0.4) is 0 Å². The molecule has 0 bridgehead atoms. The van der Waals surface area contributed by atoms with Crippen LogP contribution in [0.15, 0.2) is 109 Å². The van der Waals surface area contributed by atoms with Crippen molar-refractivity contribution >= 4 is 11.6 Å². The van der Waals surface area contributed by atoms with Gasteiger partial charge < -0.3 is 19.5 Å². The fourth-order valence-corrected chi connectivity index (χ4v) is 3.49. The third-order valence-corrected chi connectivity index (χ3v) is 5.31. The lowest BCUT2D eigenvalue weighted by molar-refractivity contribution is 0.102. The molecule has 0 radical (unpaired) electrons. The van der Waals surface area contributed by atoms with Crippen molar-refractivity contribution < 1.29 is 19.0 Å². The number of para-hydroxylation sites is 1. The van der Waals surface area contributed by atoms with Gasteiger partial charge in [0.15, 0.2) is 0 Å². The molecule has 0 saturated carbocycles. The van der Waals surface area contributed by atoms with Crippen molar-refractivity contribution in [3.63, 3.8) is 0 Å². The van der Waals surface area contributed by atoms with Crippen LogP contribution in [-0.2, 0) is 6.42 Å². The van der Waals surface area contributed by atoms with Gasteiger partial charge in [-0.15, -0.1) is 0 Å². The van der Waals surface area contributed by atoms with Gasteiger partial charge in [0.2, 0.25) is 0 Å². The maximum atomic E-state index is 12.6. The van der Waals surface area contributed by atoms with Gasteiger partial charge >= 0.3 is 0 Å². The third kappa shape index (κ3) is 7.93. The van der Waals surface area contributed by atoms with E-state index < -0.39 is 0 Å². The fourth-order valence-electron chi connectivity index (χ4n) is 3.49. The first-order valence-electron chi connectivity index (χ1n) is 11.8. The second kappa shape index (κ2) is 12.8. The van der Waals surface area contributed by atoms with Gasteiger partial charge in [0, 0.05) is 11.3 Å². The van der Waals surface area contributed by atoms with Gasteiger partial charge in [0.05, 0.1) is 6.61 Å². The maximum Gasteiger partial charge on any atom is 0.255 e. The maximum absolute atomic E-state index is 12.6. The predicted octanol–water partition coefficient (Wildman–Crippen LogP) is 6.41. The lowest BCUT2D eigenvalue weighted by Gasteiger charge is -2.10. The zero-order chi connectivity index (χ0) is 24.1. The summed E-state index contributed by atoms with van der Waals surface area (Å²) in [5.41, 5.74) is 2.58. The number of carbonyl (C=O) groups excluding carboxylic acids is 1. The number of rotatable bonds is 12. The summed E-state index contributed by atoms with van der Waals surface area (Å²) >= 11 is 0. The molecule has 0 fully saturated rings. The highest BCUT2D eigenvalue weighted by molar-refractivity contribution is 6.04. The summed E-state index contributed by atoms with van der Waals surface area (Å²) < 4.78 is 17.1. The largest absolute Gasteiger partial charge is 0.494 e. The van der Waals surface area contributed by atoms with E-state index in [1.54, 1.807) is 24.3 Å². The first-order chi connectivity index (χ1) is 17.3. The van der Waals surface area contributed by atoms with Crippen molar-refractivity contribution in [3.05, 3.63) is 120 Å². The van der Waals surface area contributed by atoms with E-state index in [2.05, 4.69) is 29.6 Å². The molecule has 5 nitrogen and oxygen atoms in total. The Hall–Kier alpha value is -4.25. The Morgan fingerprint density at radius 1 is 0.571 bits per heavy atom. The summed E-state index contributed by atoms with van der Waals surface area (Å²) in [7, 11) is 0. The van der Waals surface area contributed by atoms with Crippen LogP contribution >= 0.6 is 0 Å². The van der Waals surface area contributed by atoms with Crippen molar-refractivity contribution in [2.24, 2.45) is 0 Å². The Kier molecular flexibility index (Phi) is 8.77. The summed E-state index contributed by atoms with van der Waals surface area (Å²) in [4.78, 5) is 12.6. The van der Waals surface area contributed by atoms with Gasteiger partial charge in [-0.3, -0.25) is 4.79 Å². The van der Waals surface area contributed by atoms with Crippen LogP contribution in [0.4, 0.5) is 5.69 Å². The molecule has 0 aromatic heterocycles. The molecule has 4 aromatic carbocycles. The van der Waals surface area contributed by atoms with E-state index in [9.17, 15) is 4.79 Å². The van der Waals surface area contributed by atoms with E-state index in [0.717, 1.165) is 24.3 Å². The molecule has 0 heterocycles. The number of nitrogens with one attached hydrogen (secondary N) is 1. The van der Waals surface area contributed by atoms with Crippen molar-refractivity contribution in [2.45, 2.75) is 12.8 Å². The molecule has 178 valence electrons. The topological polar surface area (TPSA) is 56.8 Å². The van der Waals surface area contributed by atoms with Crippen molar-refractivity contribution in [3.8, 4) is 17.2 Å². The molecule has 0 atom stereocenters. The van der Waals surface area contributed by atoms with Gasteiger partial charge in [-0.2, -0.15) is 0 Å². The summed E-state index contributed by atoms with van der Waals surface area (Å²) in [6, 6.07) is 34.4. The van der Waals surface area contributed by atoms with Crippen LogP contribution in [0.25, 0.3) is 0 Å². The summed E-state index contributed by atoms with van der Waals surface area (Å²) in [5.74, 6) is 2.10. The zero-order valence-corrected chi connectivity index (χ0v) is 19.6. The summed E-state index contributed by atoms with van der Waals surface area (Å²) in [6.07, 6.45) is 1.93. The standard InChI is InChI=1S/C30H29NO4/c32-30(25-13-17-28(18-14-25)35-23-22-34-27-11-5-2-6-12-27)31-26-15-19-29(20-16-26)33-21-7-10-24-8-3-1-4-9-24/h1-6,8-9,11-20H,7,10,21-23H2,(H,31,32). The quantitative estimate of drug-likeness (QED) is 0.245. The van der Waals surface area contributed by atoms with E-state index in [1.807, 2.05) is 60.7 Å². The lowest BCUT2D eigenvalue weighted by atomic mass is 10.1. The molecular formula is C30H29NO4. The highest BCUT2D eigenvalue weighted by Gasteiger charge is 2.07. The molecule has 4 rings (SSSR count). The van der Waals surface area contributed by atoms with Crippen LogP contribution in [0.1, 0.15) is 22.3 Å². The van der Waals surface area contributed by atoms with E-state index >= 15 is 0 Å². The first kappa shape index (κ1) is 23.9. The molecule has 5 heteroatoms. The van der Waals surface area contributed by atoms with E-state index in [4.69, 9.17) is 14.2 Å². The van der Waals surface area contributed by atoms with Gasteiger partial charge in [0.1, 0.15) is 30.5 Å². The number of aryl methyl sites for hydroxylation is 1. The van der Waals surface area contributed by atoms with Gasteiger partial charge in [-0.25, -0.2) is 0 Å². The van der Waals surface area contributed by atoms with Crippen LogP contribution < -0.4 is 19.5 Å². The van der Waals surface area contributed by atoms with Crippen LogP contribution in [-0.4, -0.2) is 25.7 Å². The van der Waals surface area contributed by atoms with Gasteiger partial charge in [0.25, 0.3) is 5.91 Å². The molecule has 0 aliphatic carbocycles. The predicted molar refractivity (Wildman–Crippen MR) is 139 cm³/mol. The zero-order valence-electron chi connectivity index (χ0n) is 19.6. The van der Waals surface area contributed by atoms with Crippen molar-refractivity contribution in [1.82, 2.24) is 0 Å². The van der Waals surface area contributed by atoms with Crippen LogP contribution in [0, 0.1) is 0 Å². The lowest BCUT2D eigenvalue weighted by Crippen LogP contribution is -2.12. The Morgan fingerprint density at radius 3 is 1.71 bits per heavy atom. The minimum atomic E-state index is -0.180. The Labute approximate surface area is 206 Å². The number of carbonyl (C=O) groups is 1. The Bertz CT molecular complexity index is 1160. The average molecular weight is 468 g/mol. The van der Waals surface area contributed by atoms with Gasteiger partial charge in [-0.05, 0) is 79.1 Å². The second-order valence-corrected chi connectivity index (χ2v) is 7.95. The molecule has 0 saturated heterocycles. The minimum absolute atomic E-state index is 0.180. The van der Waals surface area contributed by atoms with E-state index in [-0.39, 0.29) is 5.91 Å². The Morgan fingerprint density at radius 2 is 1.09 bits per heavy atom. The minimum Gasteiger partial charge on any atom is -0.494 e. The SMILES string of the molecule is O=C(Nc1ccc(OCCCc2ccccc2)cc1)c1ccc(OCCOc2ccccc2)cc1. The number of ether oxygens (including phenoxy) is 3. The van der Waals surface area contributed by atoms with E-state index in [1.165, 1.54) is 5.56 Å². The molecule has 4 aromatic rings. The highest BCUT2D eigenvalue weighted by atomic mass is 16.5. The number of hydrogen-bond donors (Lipinski definition) is 1. The van der Waals surface area contributed by atoms with Gasteiger partial charge in [-0.1, -0.05) is 48.5 Å². The Balaban J connectivity index is 1.16. The third-order valence-electron chi connectivity index (χ3n) is 5.31. The monoisotopic (exact) mass is 467 g/mol. The number of benzene rings is 4. The smallest absolute Gasteiger partial charge is 0.255 e. The number of amides is 1. The fraction of sp³-hybridized carbons (Fsp3) is 0.167. The normalized spacial score (nSPS) is 10.4. The van der Waals surface area contributed by atoms with Crippen LogP contribution in [0.5, 0.6) is 17.2 Å². The molecule has 0 aliphatic heterocycles. The average Bonchev–Trinajstić information content (AvgIpc) is 2.91. The first-order valence-corrected chi connectivity index (χ1v) is 11.8. The van der Waals surface area contributed by atoms with Crippen LogP contribution in [0.2, 0.25) is 0 Å². The highest BCUT2D eigenvalue weighted by Crippen LogP contribution is 2.18. The summed E-state index contributed by atoms with van der Waals surface area (Å²) in [6.45, 7) is 1.51. The molecule has 1 N–H and O–H groups in total. The molecule has 0 aliphatic rings. The molecule has 1 amide bonds. The van der Waals surface area contributed by atoms with E-state index in [0.29, 0.717) is 36.8 Å². The molecular weight excluding hydrogens is 438 g/mol. The summed E-state index contributed by atoms with van der Waals surface area (Å²) in [5, 5.41) is 2.91. The molecule has 0 unspecified atom stereocenters. The molecule has 35 heavy (non-hydrogen) atoms. The van der Waals surface area contributed by atoms with Crippen molar-refractivity contribution in [2.75, 3.05) is 25.1 Å². The number of anilines is 1.